The van der Waals surface area contributed by atoms with Gasteiger partial charge in [-0.2, -0.15) is 0 Å². The molecule has 3 aliphatic rings. The van der Waals surface area contributed by atoms with E-state index in [0.717, 1.165) is 54.5 Å². The highest BCUT2D eigenvalue weighted by Gasteiger charge is 2.55. The van der Waals surface area contributed by atoms with Crippen LogP contribution in [0.3, 0.4) is 0 Å². The molecule has 1 spiro atoms. The van der Waals surface area contributed by atoms with E-state index in [-0.39, 0.29) is 17.7 Å². The lowest BCUT2D eigenvalue weighted by Crippen LogP contribution is -2.75. The van der Waals surface area contributed by atoms with Crippen molar-refractivity contribution in [2.24, 2.45) is 5.92 Å². The number of piperidine rings is 1. The zero-order chi connectivity index (χ0) is 24.3. The fourth-order valence-corrected chi connectivity index (χ4v) is 5.99. The van der Waals surface area contributed by atoms with Crippen molar-refractivity contribution in [3.05, 3.63) is 29.6 Å². The third-order valence-electron chi connectivity index (χ3n) is 8.25. The van der Waals surface area contributed by atoms with Crippen molar-refractivity contribution in [1.29, 1.82) is 0 Å². The Morgan fingerprint density at radius 3 is 2.53 bits per heavy atom. The highest BCUT2D eigenvalue weighted by molar-refractivity contribution is 6.00. The molecule has 1 aliphatic carbocycles. The summed E-state index contributed by atoms with van der Waals surface area (Å²) in [7, 11) is 0. The number of nitrogens with one attached hydrogen (secondary N) is 1. The summed E-state index contributed by atoms with van der Waals surface area (Å²) in [5.74, 6) is -0.138. The molecule has 4 rings (SSSR count). The van der Waals surface area contributed by atoms with Crippen molar-refractivity contribution in [2.75, 3.05) is 19.6 Å². The number of nitrogens with zero attached hydrogens (tertiary/aromatic N) is 3. The summed E-state index contributed by atoms with van der Waals surface area (Å²) in [5.41, 5.74) is 0.942. The van der Waals surface area contributed by atoms with E-state index in [1.807, 2.05) is 24.0 Å². The standard InChI is InChI=1S/C26H40N4O4/c1-3-4-14-29-24(32)22(23(31)21-8-6-5-7-9-21)27-25(33)26(29)12-15-28(16-13-26)17-20-11-10-19(2)30(34)18-20/h10-11,18,21-23,31H,3-9,12-17H2,1-2H3,(H-,27,33,34)/p+1/t22?,23-/m1/s1. The lowest BCUT2D eigenvalue weighted by molar-refractivity contribution is -0.909. The van der Waals surface area contributed by atoms with Crippen LogP contribution in [0.25, 0.3) is 0 Å². The number of pyridine rings is 1. The first-order valence-corrected chi connectivity index (χ1v) is 13.1. The van der Waals surface area contributed by atoms with Gasteiger partial charge in [-0.1, -0.05) is 32.6 Å². The normalized spacial score (nSPS) is 24.9. The maximum Gasteiger partial charge on any atom is 0.248 e. The van der Waals surface area contributed by atoms with E-state index in [0.29, 0.717) is 39.0 Å². The fourth-order valence-electron chi connectivity index (χ4n) is 5.99. The predicted molar refractivity (Wildman–Crippen MR) is 127 cm³/mol. The quantitative estimate of drug-likeness (QED) is 0.415. The van der Waals surface area contributed by atoms with Crippen LogP contribution in [0.15, 0.2) is 18.3 Å². The smallest absolute Gasteiger partial charge is 0.248 e. The van der Waals surface area contributed by atoms with Gasteiger partial charge in [0, 0.05) is 49.5 Å². The Hall–Kier alpha value is -2.19. The molecule has 3 fully saturated rings. The number of rotatable bonds is 7. The number of carbonyl (C=O) groups is 2. The summed E-state index contributed by atoms with van der Waals surface area (Å²) in [4.78, 5) is 31.3. The third-order valence-corrected chi connectivity index (χ3v) is 8.25. The molecular weight excluding hydrogens is 432 g/mol. The Morgan fingerprint density at radius 1 is 1.18 bits per heavy atom. The van der Waals surface area contributed by atoms with Crippen LogP contribution >= 0.6 is 0 Å². The molecule has 1 saturated carbocycles. The first-order chi connectivity index (χ1) is 16.4. The number of carbonyl (C=O) groups excluding carboxylic acids is 2. The largest absolute Gasteiger partial charge is 0.390 e. The van der Waals surface area contributed by atoms with Gasteiger partial charge in [0.2, 0.25) is 23.7 Å². The zero-order valence-corrected chi connectivity index (χ0v) is 20.7. The van der Waals surface area contributed by atoms with Gasteiger partial charge in [-0.3, -0.25) is 19.7 Å². The van der Waals surface area contributed by atoms with Crippen molar-refractivity contribution in [3.63, 3.8) is 0 Å². The van der Waals surface area contributed by atoms with Gasteiger partial charge in [-0.25, -0.2) is 0 Å². The van der Waals surface area contributed by atoms with Crippen LogP contribution in [0, 0.1) is 12.8 Å². The second-order valence-corrected chi connectivity index (χ2v) is 10.5. The molecule has 8 heteroatoms. The molecular formula is C26H41N4O4+. The van der Waals surface area contributed by atoms with Crippen molar-refractivity contribution < 1.29 is 24.6 Å². The average molecular weight is 474 g/mol. The highest BCUT2D eigenvalue weighted by Crippen LogP contribution is 2.36. The summed E-state index contributed by atoms with van der Waals surface area (Å²) in [5, 5.41) is 24.0. The van der Waals surface area contributed by atoms with Gasteiger partial charge in [0.25, 0.3) is 0 Å². The SMILES string of the molecule is CCCCN1C(=O)C([C@H](O)C2CCCCC2)NC(=O)C12CCN(Cc1ccc(C)[n+](O)c1)CC2. The van der Waals surface area contributed by atoms with Crippen LogP contribution in [0.5, 0.6) is 0 Å². The van der Waals surface area contributed by atoms with Gasteiger partial charge in [-0.05, 0) is 44.1 Å². The number of amides is 2. The Kier molecular flexibility index (Phi) is 7.77. The summed E-state index contributed by atoms with van der Waals surface area (Å²) >= 11 is 0. The molecule has 2 saturated heterocycles. The Balaban J connectivity index is 1.47. The van der Waals surface area contributed by atoms with Crippen LogP contribution in [0.2, 0.25) is 0 Å². The summed E-state index contributed by atoms with van der Waals surface area (Å²) < 4.78 is 1.14. The second kappa shape index (κ2) is 10.6. The van der Waals surface area contributed by atoms with Crippen molar-refractivity contribution >= 4 is 11.8 Å². The topological polar surface area (TPSA) is 97.0 Å². The van der Waals surface area contributed by atoms with Crippen LogP contribution in [0.1, 0.15) is 76.0 Å². The Morgan fingerprint density at radius 2 is 1.88 bits per heavy atom. The highest BCUT2D eigenvalue weighted by atomic mass is 16.5. The molecule has 3 N–H and O–H groups in total. The number of aliphatic hydroxyl groups excluding tert-OH is 1. The molecule has 2 atom stereocenters. The maximum atomic E-state index is 13.7. The number of hydrogen-bond acceptors (Lipinski definition) is 5. The monoisotopic (exact) mass is 473 g/mol. The minimum atomic E-state index is -0.838. The lowest BCUT2D eigenvalue weighted by Gasteiger charge is -2.52. The lowest BCUT2D eigenvalue weighted by atomic mass is 9.78. The van der Waals surface area contributed by atoms with E-state index in [1.165, 1.54) is 6.42 Å². The van der Waals surface area contributed by atoms with Crippen LogP contribution in [-0.2, 0) is 16.1 Å². The molecule has 1 aromatic heterocycles. The van der Waals surface area contributed by atoms with Crippen molar-refractivity contribution in [1.82, 2.24) is 15.1 Å². The summed E-state index contributed by atoms with van der Waals surface area (Å²) in [6.45, 7) is 6.56. The molecule has 8 nitrogen and oxygen atoms in total. The van der Waals surface area contributed by atoms with E-state index in [4.69, 9.17) is 0 Å². The number of aliphatic hydroxyl groups is 1. The maximum absolute atomic E-state index is 13.7. The van der Waals surface area contributed by atoms with Gasteiger partial charge in [0.1, 0.15) is 11.6 Å². The van der Waals surface area contributed by atoms with Gasteiger partial charge < -0.3 is 15.3 Å². The summed E-state index contributed by atoms with van der Waals surface area (Å²) in [6.07, 6.45) is 9.01. The van der Waals surface area contributed by atoms with E-state index >= 15 is 0 Å². The number of aromatic nitrogens is 1. The number of piperazine rings is 1. The molecule has 34 heavy (non-hydrogen) atoms. The molecule has 1 aromatic rings. The number of likely N-dealkylation sites (tertiary alicyclic amines) is 1. The molecule has 2 aliphatic heterocycles. The molecule has 1 unspecified atom stereocenters. The Labute approximate surface area is 202 Å². The van der Waals surface area contributed by atoms with Gasteiger partial charge in [0.05, 0.1) is 6.10 Å². The van der Waals surface area contributed by atoms with Gasteiger partial charge in [0.15, 0.2) is 0 Å². The van der Waals surface area contributed by atoms with Gasteiger partial charge >= 0.3 is 0 Å². The van der Waals surface area contributed by atoms with Gasteiger partial charge in [-0.15, -0.1) is 0 Å². The molecule has 3 heterocycles. The number of unbranched alkanes of at least 4 members (excludes halogenated alkanes) is 1. The van der Waals surface area contributed by atoms with E-state index in [2.05, 4.69) is 17.1 Å². The number of hydrogen-bond donors (Lipinski definition) is 3. The van der Waals surface area contributed by atoms with Crippen molar-refractivity contribution in [3.8, 4) is 0 Å². The predicted octanol–water partition coefficient (Wildman–Crippen LogP) is 1.92. The van der Waals surface area contributed by atoms with Crippen molar-refractivity contribution in [2.45, 2.75) is 95.9 Å². The minimum absolute atomic E-state index is 0.0794. The first-order valence-electron chi connectivity index (χ1n) is 13.1. The van der Waals surface area contributed by atoms with Crippen LogP contribution in [-0.4, -0.2) is 69.2 Å². The van der Waals surface area contributed by atoms with Crippen LogP contribution in [0.4, 0.5) is 0 Å². The van der Waals surface area contributed by atoms with Crippen LogP contribution < -0.4 is 10.0 Å². The molecule has 188 valence electrons. The first kappa shape index (κ1) is 24.9. The van der Waals surface area contributed by atoms with E-state index in [1.54, 1.807) is 6.20 Å². The molecule has 0 aromatic carbocycles. The molecule has 2 amide bonds. The Bertz CT molecular complexity index is 878. The third kappa shape index (κ3) is 4.93. The van der Waals surface area contributed by atoms with E-state index in [9.17, 15) is 19.9 Å². The molecule has 0 radical (unpaired) electrons. The second-order valence-electron chi connectivity index (χ2n) is 10.5. The molecule has 0 bridgehead atoms. The summed E-state index contributed by atoms with van der Waals surface area (Å²) in [6, 6.07) is 3.07. The fraction of sp³-hybridized carbons (Fsp3) is 0.731. The number of aryl methyl sites for hydroxylation is 1. The average Bonchev–Trinajstić information content (AvgIpc) is 2.85. The van der Waals surface area contributed by atoms with E-state index < -0.39 is 17.7 Å². The zero-order valence-electron chi connectivity index (χ0n) is 20.7. The minimum Gasteiger partial charge on any atom is -0.390 e.